The molecule has 2 heterocycles. The summed E-state index contributed by atoms with van der Waals surface area (Å²) in [5, 5.41) is 21.8. The van der Waals surface area contributed by atoms with Crippen molar-refractivity contribution in [2.24, 2.45) is 23.2 Å². The number of amides is 1. The molecule has 0 unspecified atom stereocenters. The molecule has 1 aliphatic heterocycles. The van der Waals surface area contributed by atoms with Crippen molar-refractivity contribution in [2.45, 2.75) is 52.0 Å². The molecule has 7 heteroatoms. The first kappa shape index (κ1) is 26.4. The Hall–Kier alpha value is -3.45. The van der Waals surface area contributed by atoms with Gasteiger partial charge in [-0.1, -0.05) is 30.3 Å². The molecular weight excluding hydrogens is 510 g/mol. The molecule has 4 aliphatic carbocycles. The molecule has 214 valence electrons. The van der Waals surface area contributed by atoms with Crippen LogP contribution < -0.4 is 10.2 Å². The van der Waals surface area contributed by atoms with Gasteiger partial charge in [0.05, 0.1) is 0 Å². The minimum atomic E-state index is -0.0880. The molecule has 0 radical (unpaired) electrons. The first-order valence-electron chi connectivity index (χ1n) is 15.4. The topological polar surface area (TPSA) is 81.6 Å². The van der Waals surface area contributed by atoms with E-state index in [0.29, 0.717) is 16.9 Å². The number of phenolic OH excluding ortho intramolecular Hbond substituents is 1. The lowest BCUT2D eigenvalue weighted by Crippen LogP contribution is -2.51. The van der Waals surface area contributed by atoms with Crippen molar-refractivity contribution in [1.82, 2.24) is 20.4 Å². The third-order valence-electron chi connectivity index (χ3n) is 10.2. The molecule has 4 bridgehead atoms. The van der Waals surface area contributed by atoms with Gasteiger partial charge in [0.25, 0.3) is 5.91 Å². The minimum Gasteiger partial charge on any atom is -0.508 e. The Balaban J connectivity index is 0.904. The molecule has 7 nitrogen and oxygen atoms in total. The number of carbonyl (C=O) groups is 1. The van der Waals surface area contributed by atoms with Crippen molar-refractivity contribution in [3.8, 4) is 16.9 Å². The van der Waals surface area contributed by atoms with E-state index in [4.69, 9.17) is 0 Å². The van der Waals surface area contributed by atoms with Crippen LogP contribution in [0.3, 0.4) is 0 Å². The number of carbonyl (C=O) groups excluding carboxylic acids is 1. The molecule has 8 rings (SSSR count). The summed E-state index contributed by atoms with van der Waals surface area (Å²) in [6, 6.07) is 17.8. The highest BCUT2D eigenvalue weighted by atomic mass is 16.3. The van der Waals surface area contributed by atoms with Gasteiger partial charge >= 0.3 is 0 Å². The minimum absolute atomic E-state index is 0.0880. The average molecular weight is 552 g/mol. The van der Waals surface area contributed by atoms with Crippen molar-refractivity contribution in [3.05, 3.63) is 71.4 Å². The third-order valence-corrected chi connectivity index (χ3v) is 10.2. The summed E-state index contributed by atoms with van der Waals surface area (Å²) in [6.45, 7) is 7.48. The first-order valence-corrected chi connectivity index (χ1v) is 15.4. The molecule has 2 aromatic carbocycles. The Morgan fingerprint density at radius 2 is 1.66 bits per heavy atom. The van der Waals surface area contributed by atoms with Crippen LogP contribution in [0, 0.1) is 30.1 Å². The third kappa shape index (κ3) is 5.56. The molecule has 0 atom stereocenters. The highest BCUT2D eigenvalue weighted by Crippen LogP contribution is 2.59. The standard InChI is InChI=1S/C34H41N5O2/c1-23-13-24(5-6-30(23)28-3-2-4-29(40)17-28)21-38-9-11-39(12-10-38)32-8-7-31(36-37-32)33(41)35-22-34-18-25-14-26(19-34)16-27(15-25)20-34/h2-8,13,17,25-27,40H,9-12,14-16,18-22H2,1H3,(H,35,41). The van der Waals surface area contributed by atoms with Gasteiger partial charge in [0.1, 0.15) is 5.75 Å². The summed E-state index contributed by atoms with van der Waals surface area (Å²) >= 11 is 0. The van der Waals surface area contributed by atoms with Gasteiger partial charge in [0.15, 0.2) is 11.5 Å². The number of hydrogen-bond donors (Lipinski definition) is 2. The molecule has 2 N–H and O–H groups in total. The molecule has 1 aromatic heterocycles. The largest absolute Gasteiger partial charge is 0.508 e. The SMILES string of the molecule is Cc1cc(CN2CCN(c3ccc(C(=O)NCC45CC6CC(CC(C6)C4)C5)nn3)CC2)ccc1-c1cccc(O)c1. The quantitative estimate of drug-likeness (QED) is 0.408. The Morgan fingerprint density at radius 3 is 2.29 bits per heavy atom. The van der Waals surface area contributed by atoms with E-state index in [1.165, 1.54) is 49.7 Å². The summed E-state index contributed by atoms with van der Waals surface area (Å²) < 4.78 is 0. The Bertz CT molecular complexity index is 1380. The number of nitrogens with one attached hydrogen (secondary N) is 1. The zero-order valence-corrected chi connectivity index (χ0v) is 24.1. The summed E-state index contributed by atoms with van der Waals surface area (Å²) in [6.07, 6.45) is 8.13. The van der Waals surface area contributed by atoms with Crippen molar-refractivity contribution in [3.63, 3.8) is 0 Å². The predicted octanol–water partition coefficient (Wildman–Crippen LogP) is 5.43. The van der Waals surface area contributed by atoms with Crippen LogP contribution in [0.1, 0.15) is 60.1 Å². The van der Waals surface area contributed by atoms with Crippen LogP contribution in [0.2, 0.25) is 0 Å². The molecule has 0 spiro atoms. The maximum absolute atomic E-state index is 12.9. The second kappa shape index (κ2) is 10.8. The normalized spacial score (nSPS) is 27.2. The van der Waals surface area contributed by atoms with Gasteiger partial charge in [0, 0.05) is 39.3 Å². The second-order valence-electron chi connectivity index (χ2n) is 13.3. The molecule has 1 saturated heterocycles. The van der Waals surface area contributed by atoms with Crippen LogP contribution in [-0.2, 0) is 6.54 Å². The number of nitrogens with zero attached hydrogens (tertiary/aromatic N) is 4. The summed E-state index contributed by atoms with van der Waals surface area (Å²) in [5.41, 5.74) is 5.44. The summed E-state index contributed by atoms with van der Waals surface area (Å²) in [4.78, 5) is 17.7. The fourth-order valence-corrected chi connectivity index (χ4v) is 8.69. The van der Waals surface area contributed by atoms with E-state index in [9.17, 15) is 9.90 Å². The summed E-state index contributed by atoms with van der Waals surface area (Å²) in [5.74, 6) is 3.71. The lowest BCUT2D eigenvalue weighted by Gasteiger charge is -2.56. The number of aromatic nitrogens is 2. The van der Waals surface area contributed by atoms with E-state index >= 15 is 0 Å². The van der Waals surface area contributed by atoms with Crippen LogP contribution in [0.4, 0.5) is 5.82 Å². The van der Waals surface area contributed by atoms with Crippen LogP contribution in [0.5, 0.6) is 5.75 Å². The van der Waals surface area contributed by atoms with Crippen LogP contribution in [-0.4, -0.2) is 58.8 Å². The number of aryl methyl sites for hydroxylation is 1. The molecule has 5 aliphatic rings. The van der Waals surface area contributed by atoms with Crippen molar-refractivity contribution < 1.29 is 9.90 Å². The van der Waals surface area contributed by atoms with Gasteiger partial charge in [0.2, 0.25) is 0 Å². The number of hydrogen-bond acceptors (Lipinski definition) is 6. The fourth-order valence-electron chi connectivity index (χ4n) is 8.69. The van der Waals surface area contributed by atoms with Crippen molar-refractivity contribution in [1.29, 1.82) is 0 Å². The number of rotatable bonds is 7. The van der Waals surface area contributed by atoms with Crippen molar-refractivity contribution >= 4 is 11.7 Å². The molecule has 4 saturated carbocycles. The van der Waals surface area contributed by atoms with Gasteiger partial charge in [-0.2, -0.15) is 0 Å². The van der Waals surface area contributed by atoms with E-state index in [1.807, 2.05) is 30.3 Å². The van der Waals surface area contributed by atoms with Crippen LogP contribution >= 0.6 is 0 Å². The van der Waals surface area contributed by atoms with E-state index < -0.39 is 0 Å². The van der Waals surface area contributed by atoms with E-state index in [-0.39, 0.29) is 5.91 Å². The molecule has 1 amide bonds. The van der Waals surface area contributed by atoms with E-state index in [0.717, 1.165) is 74.0 Å². The maximum Gasteiger partial charge on any atom is 0.271 e. The predicted molar refractivity (Wildman–Crippen MR) is 161 cm³/mol. The lowest BCUT2D eigenvalue weighted by atomic mass is 9.49. The smallest absolute Gasteiger partial charge is 0.271 e. The maximum atomic E-state index is 12.9. The number of aromatic hydroxyl groups is 1. The zero-order valence-electron chi connectivity index (χ0n) is 24.1. The van der Waals surface area contributed by atoms with E-state index in [2.05, 4.69) is 50.4 Å². The number of piperazine rings is 1. The molecule has 5 fully saturated rings. The fraction of sp³-hybridized carbons (Fsp3) is 0.500. The monoisotopic (exact) mass is 551 g/mol. The molecule has 3 aromatic rings. The second-order valence-corrected chi connectivity index (χ2v) is 13.3. The van der Waals surface area contributed by atoms with Gasteiger partial charge in [-0.25, -0.2) is 0 Å². The number of benzene rings is 2. The van der Waals surface area contributed by atoms with Crippen LogP contribution in [0.15, 0.2) is 54.6 Å². The first-order chi connectivity index (χ1) is 19.9. The van der Waals surface area contributed by atoms with Gasteiger partial charge in [-0.3, -0.25) is 9.69 Å². The summed E-state index contributed by atoms with van der Waals surface area (Å²) in [7, 11) is 0. The number of phenols is 1. The molecule has 41 heavy (non-hydrogen) atoms. The van der Waals surface area contributed by atoms with Gasteiger partial charge in [-0.15, -0.1) is 10.2 Å². The van der Waals surface area contributed by atoms with Gasteiger partial charge in [-0.05, 0) is 115 Å². The molecular formula is C34H41N5O2. The Labute approximate surface area is 243 Å². The average Bonchev–Trinajstić information content (AvgIpc) is 2.96. The Kier molecular flexibility index (Phi) is 6.93. The highest BCUT2D eigenvalue weighted by molar-refractivity contribution is 5.92. The Morgan fingerprint density at radius 1 is 0.927 bits per heavy atom. The van der Waals surface area contributed by atoms with Gasteiger partial charge < -0.3 is 15.3 Å². The number of anilines is 1. The highest BCUT2D eigenvalue weighted by Gasteiger charge is 2.50. The van der Waals surface area contributed by atoms with Crippen LogP contribution in [0.25, 0.3) is 11.1 Å². The van der Waals surface area contributed by atoms with E-state index in [1.54, 1.807) is 6.07 Å². The van der Waals surface area contributed by atoms with Crippen molar-refractivity contribution in [2.75, 3.05) is 37.6 Å². The zero-order chi connectivity index (χ0) is 28.0. The lowest BCUT2D eigenvalue weighted by molar-refractivity contribution is -0.0503.